The number of primary amides is 1. The number of hydrogen-bond acceptors (Lipinski definition) is 3. The van der Waals surface area contributed by atoms with Gasteiger partial charge in [-0.3, -0.25) is 4.79 Å². The number of carbonyl (C=O) groups excluding carboxylic acids is 1. The highest BCUT2D eigenvalue weighted by Gasteiger charge is 2.06. The van der Waals surface area contributed by atoms with Crippen molar-refractivity contribution in [3.8, 4) is 0 Å². The molecule has 0 fully saturated rings. The predicted molar refractivity (Wildman–Crippen MR) is 36.1 cm³/mol. The van der Waals surface area contributed by atoms with E-state index >= 15 is 0 Å². The van der Waals surface area contributed by atoms with Gasteiger partial charge in [0.05, 0.1) is 0 Å². The van der Waals surface area contributed by atoms with Gasteiger partial charge in [0.2, 0.25) is 5.82 Å². The van der Waals surface area contributed by atoms with Gasteiger partial charge in [-0.2, -0.15) is 0 Å². The molecule has 0 saturated heterocycles. The number of aromatic nitrogens is 2. The molecule has 0 saturated carbocycles. The minimum Gasteiger partial charge on any atom is -0.382 e. The van der Waals surface area contributed by atoms with Crippen molar-refractivity contribution in [1.29, 1.82) is 0 Å². The fraction of sp³-hybridized carbons (Fsp3) is 0.200. The van der Waals surface area contributed by atoms with Crippen molar-refractivity contribution in [1.82, 2.24) is 9.55 Å². The first-order valence-electron chi connectivity index (χ1n) is 2.70. The van der Waals surface area contributed by atoms with Gasteiger partial charge in [-0.25, -0.2) is 4.98 Å². The third-order valence-electron chi connectivity index (χ3n) is 1.12. The summed E-state index contributed by atoms with van der Waals surface area (Å²) in [6, 6.07) is 0. The average Bonchev–Trinajstić information content (AvgIpc) is 2.10. The summed E-state index contributed by atoms with van der Waals surface area (Å²) < 4.78 is 1.48. The first-order chi connectivity index (χ1) is 4.61. The second-order valence-electron chi connectivity index (χ2n) is 1.96. The molecule has 0 atom stereocenters. The molecule has 0 aliphatic heterocycles. The quantitative estimate of drug-likeness (QED) is 0.530. The molecule has 1 rings (SSSR count). The van der Waals surface area contributed by atoms with Gasteiger partial charge in [-0.05, 0) is 0 Å². The van der Waals surface area contributed by atoms with Gasteiger partial charge in [0.25, 0.3) is 5.91 Å². The van der Waals surface area contributed by atoms with Crippen molar-refractivity contribution in [2.24, 2.45) is 12.8 Å². The fourth-order valence-electron chi connectivity index (χ4n) is 0.718. The number of aryl methyl sites for hydroxylation is 1. The molecule has 4 N–H and O–H groups in total. The summed E-state index contributed by atoms with van der Waals surface area (Å²) in [5, 5.41) is 0. The molecular weight excluding hydrogens is 132 g/mol. The molecular formula is C5H8N4O. The Morgan fingerprint density at radius 1 is 1.80 bits per heavy atom. The largest absolute Gasteiger partial charge is 0.382 e. The molecule has 0 radical (unpaired) electrons. The van der Waals surface area contributed by atoms with Gasteiger partial charge < -0.3 is 16.0 Å². The second kappa shape index (κ2) is 2.02. The Morgan fingerprint density at radius 2 is 2.40 bits per heavy atom. The van der Waals surface area contributed by atoms with Crippen LogP contribution in [0.1, 0.15) is 10.6 Å². The van der Waals surface area contributed by atoms with Crippen LogP contribution in [0.5, 0.6) is 0 Å². The highest BCUT2D eigenvalue weighted by molar-refractivity contribution is 5.89. The average molecular weight is 140 g/mol. The molecule has 0 unspecified atom stereocenters. The summed E-state index contributed by atoms with van der Waals surface area (Å²) in [6.07, 6.45) is 1.53. The Balaban J connectivity index is 3.15. The third-order valence-corrected chi connectivity index (χ3v) is 1.12. The number of nitrogens with two attached hydrogens (primary N) is 2. The van der Waals surface area contributed by atoms with E-state index in [1.807, 2.05) is 0 Å². The molecule has 1 amide bonds. The topological polar surface area (TPSA) is 86.9 Å². The summed E-state index contributed by atoms with van der Waals surface area (Å²) in [4.78, 5) is 14.2. The molecule has 10 heavy (non-hydrogen) atoms. The lowest BCUT2D eigenvalue weighted by atomic mass is 10.6. The van der Waals surface area contributed by atoms with E-state index in [1.54, 1.807) is 7.05 Å². The van der Waals surface area contributed by atoms with E-state index in [0.717, 1.165) is 0 Å². The van der Waals surface area contributed by atoms with E-state index in [0.29, 0.717) is 5.82 Å². The zero-order valence-electron chi connectivity index (χ0n) is 5.53. The number of amides is 1. The van der Waals surface area contributed by atoms with Crippen molar-refractivity contribution in [3.63, 3.8) is 0 Å². The molecule has 0 aliphatic carbocycles. The molecule has 0 aromatic carbocycles. The second-order valence-corrected chi connectivity index (χ2v) is 1.96. The van der Waals surface area contributed by atoms with Crippen molar-refractivity contribution in [2.75, 3.05) is 5.73 Å². The third kappa shape index (κ3) is 0.928. The summed E-state index contributed by atoms with van der Waals surface area (Å²) >= 11 is 0. The Hall–Kier alpha value is -1.52. The van der Waals surface area contributed by atoms with Crippen LogP contribution in [-0.4, -0.2) is 15.5 Å². The van der Waals surface area contributed by atoms with Crippen LogP contribution in [0.4, 0.5) is 5.82 Å². The highest BCUT2D eigenvalue weighted by Crippen LogP contribution is 2.00. The van der Waals surface area contributed by atoms with Gasteiger partial charge in [-0.1, -0.05) is 0 Å². The Bertz CT molecular complexity index is 265. The molecule has 5 heteroatoms. The molecule has 0 spiro atoms. The van der Waals surface area contributed by atoms with Crippen LogP contribution >= 0.6 is 0 Å². The van der Waals surface area contributed by atoms with Crippen LogP contribution in [0.25, 0.3) is 0 Å². The Kier molecular flexibility index (Phi) is 1.33. The standard InChI is InChI=1S/C5H8N4O/c1-9-2-3(6)8-5(9)4(7)10/h2H,6H2,1H3,(H2,7,10). The summed E-state index contributed by atoms with van der Waals surface area (Å²) in [5.41, 5.74) is 10.2. The van der Waals surface area contributed by atoms with Gasteiger partial charge in [0.1, 0.15) is 5.82 Å². The zero-order chi connectivity index (χ0) is 7.72. The van der Waals surface area contributed by atoms with Gasteiger partial charge in [-0.15, -0.1) is 0 Å². The number of nitrogen functional groups attached to an aromatic ring is 1. The van der Waals surface area contributed by atoms with Crippen molar-refractivity contribution >= 4 is 11.7 Å². The van der Waals surface area contributed by atoms with Gasteiger partial charge in [0, 0.05) is 13.2 Å². The van der Waals surface area contributed by atoms with Gasteiger partial charge in [0.15, 0.2) is 0 Å². The minimum absolute atomic E-state index is 0.178. The molecule has 5 nitrogen and oxygen atoms in total. The van der Waals surface area contributed by atoms with Crippen LogP contribution in [0.15, 0.2) is 6.20 Å². The summed E-state index contributed by atoms with van der Waals surface area (Å²) in [7, 11) is 1.66. The lowest BCUT2D eigenvalue weighted by Crippen LogP contribution is -2.16. The van der Waals surface area contributed by atoms with Crippen molar-refractivity contribution < 1.29 is 4.79 Å². The van der Waals surface area contributed by atoms with Crippen LogP contribution in [0, 0.1) is 0 Å². The lowest BCUT2D eigenvalue weighted by molar-refractivity contribution is 0.0987. The van der Waals surface area contributed by atoms with Crippen LogP contribution < -0.4 is 11.5 Å². The van der Waals surface area contributed by atoms with E-state index in [2.05, 4.69) is 4.98 Å². The van der Waals surface area contributed by atoms with Crippen LogP contribution in [-0.2, 0) is 7.05 Å². The highest BCUT2D eigenvalue weighted by atomic mass is 16.1. The minimum atomic E-state index is -0.570. The van der Waals surface area contributed by atoms with Crippen molar-refractivity contribution in [3.05, 3.63) is 12.0 Å². The first-order valence-corrected chi connectivity index (χ1v) is 2.70. The lowest BCUT2D eigenvalue weighted by Gasteiger charge is -1.91. The molecule has 0 aliphatic rings. The maximum Gasteiger partial charge on any atom is 0.284 e. The van der Waals surface area contributed by atoms with E-state index < -0.39 is 5.91 Å². The maximum absolute atomic E-state index is 10.5. The first kappa shape index (κ1) is 6.60. The smallest absolute Gasteiger partial charge is 0.284 e. The maximum atomic E-state index is 10.5. The number of imidazole rings is 1. The normalized spacial score (nSPS) is 9.70. The number of nitrogens with zero attached hydrogens (tertiary/aromatic N) is 2. The van der Waals surface area contributed by atoms with Crippen molar-refractivity contribution in [2.45, 2.75) is 0 Å². The Labute approximate surface area is 57.6 Å². The molecule has 0 bridgehead atoms. The number of hydrogen-bond donors (Lipinski definition) is 2. The molecule has 1 heterocycles. The monoisotopic (exact) mass is 140 g/mol. The number of anilines is 1. The Morgan fingerprint density at radius 3 is 2.60 bits per heavy atom. The van der Waals surface area contributed by atoms with E-state index in [9.17, 15) is 4.79 Å². The molecule has 54 valence electrons. The molecule has 1 aromatic rings. The predicted octanol–water partition coefficient (Wildman–Crippen LogP) is -0.899. The van der Waals surface area contributed by atoms with Crippen LogP contribution in [0.2, 0.25) is 0 Å². The van der Waals surface area contributed by atoms with Gasteiger partial charge >= 0.3 is 0 Å². The zero-order valence-corrected chi connectivity index (χ0v) is 5.53. The van der Waals surface area contributed by atoms with Crippen LogP contribution in [0.3, 0.4) is 0 Å². The molecule has 1 aromatic heterocycles. The number of rotatable bonds is 1. The van der Waals surface area contributed by atoms with E-state index in [-0.39, 0.29) is 5.82 Å². The van der Waals surface area contributed by atoms with E-state index in [1.165, 1.54) is 10.8 Å². The van der Waals surface area contributed by atoms with E-state index in [4.69, 9.17) is 11.5 Å². The summed E-state index contributed by atoms with van der Waals surface area (Å²) in [6.45, 7) is 0. The fourth-order valence-corrected chi connectivity index (χ4v) is 0.718. The number of carbonyl (C=O) groups is 1. The summed E-state index contributed by atoms with van der Waals surface area (Å²) in [5.74, 6) is -0.0898. The SMILES string of the molecule is Cn1cc(N)nc1C(N)=O.